The number of fused-ring (bicyclic) bond motifs is 1. The van der Waals surface area contributed by atoms with Crippen molar-refractivity contribution in [3.63, 3.8) is 0 Å². The molecule has 3 heteroatoms. The Hall–Kier alpha value is -1.61. The molecule has 1 aromatic carbocycles. The average molecular weight is 283 g/mol. The van der Waals surface area contributed by atoms with E-state index in [1.54, 1.807) is 5.56 Å². The van der Waals surface area contributed by atoms with E-state index in [1.165, 1.54) is 23.4 Å². The second kappa shape index (κ2) is 6.02. The maximum Gasteiger partial charge on any atom is 0.0625 e. The zero-order chi connectivity index (χ0) is 14.8. The number of aryl methyl sites for hydroxylation is 2. The number of rotatable bonds is 6. The summed E-state index contributed by atoms with van der Waals surface area (Å²) in [5, 5.41) is 8.25. The van der Waals surface area contributed by atoms with Crippen LogP contribution in [0, 0.1) is 0 Å². The topological polar surface area (TPSA) is 29.9 Å². The molecule has 2 unspecified atom stereocenters. The van der Waals surface area contributed by atoms with Gasteiger partial charge in [0.2, 0.25) is 0 Å². The standard InChI is InChI=1S/C18H25N3/c1-4-15-12-18(21(3)20-15)17(19-5-2)11-14-10-13-8-6-7-9-16(13)14/h6-9,12,14,17,19H,4-5,10-11H2,1-3H3. The van der Waals surface area contributed by atoms with Crippen LogP contribution < -0.4 is 5.32 Å². The highest BCUT2D eigenvalue weighted by Crippen LogP contribution is 2.40. The summed E-state index contributed by atoms with van der Waals surface area (Å²) in [5.74, 6) is 0.685. The van der Waals surface area contributed by atoms with Crippen LogP contribution in [0.25, 0.3) is 0 Å². The van der Waals surface area contributed by atoms with Crippen molar-refractivity contribution in [1.29, 1.82) is 0 Å². The van der Waals surface area contributed by atoms with Gasteiger partial charge in [0.05, 0.1) is 11.4 Å². The molecule has 0 radical (unpaired) electrons. The number of nitrogens with one attached hydrogen (secondary N) is 1. The zero-order valence-electron chi connectivity index (χ0n) is 13.3. The number of nitrogens with zero attached hydrogens (tertiary/aromatic N) is 2. The van der Waals surface area contributed by atoms with E-state index in [4.69, 9.17) is 0 Å². The molecule has 1 N–H and O–H groups in total. The molecule has 0 aliphatic heterocycles. The van der Waals surface area contributed by atoms with Gasteiger partial charge in [-0.3, -0.25) is 4.68 Å². The second-order valence-corrected chi connectivity index (χ2v) is 5.98. The molecule has 0 saturated heterocycles. The molecule has 0 fully saturated rings. The van der Waals surface area contributed by atoms with Gasteiger partial charge in [-0.05, 0) is 48.9 Å². The van der Waals surface area contributed by atoms with Crippen molar-refractivity contribution >= 4 is 0 Å². The van der Waals surface area contributed by atoms with E-state index in [9.17, 15) is 0 Å². The molecular formula is C18H25N3. The maximum atomic E-state index is 4.60. The predicted octanol–water partition coefficient (Wildman–Crippen LogP) is 3.36. The van der Waals surface area contributed by atoms with Crippen LogP contribution in [0.1, 0.15) is 54.7 Å². The van der Waals surface area contributed by atoms with E-state index in [1.807, 2.05) is 0 Å². The van der Waals surface area contributed by atoms with Gasteiger partial charge < -0.3 is 5.32 Å². The lowest BCUT2D eigenvalue weighted by molar-refractivity contribution is 0.416. The third-order valence-corrected chi connectivity index (χ3v) is 4.62. The molecular weight excluding hydrogens is 258 g/mol. The zero-order valence-corrected chi connectivity index (χ0v) is 13.3. The first-order valence-corrected chi connectivity index (χ1v) is 8.06. The Morgan fingerprint density at radius 2 is 2.14 bits per heavy atom. The summed E-state index contributed by atoms with van der Waals surface area (Å²) >= 11 is 0. The highest BCUT2D eigenvalue weighted by Gasteiger charge is 2.29. The lowest BCUT2D eigenvalue weighted by Gasteiger charge is -2.33. The van der Waals surface area contributed by atoms with Gasteiger partial charge in [0.15, 0.2) is 0 Å². The highest BCUT2D eigenvalue weighted by atomic mass is 15.3. The molecule has 1 aromatic heterocycles. The molecule has 3 rings (SSSR count). The van der Waals surface area contributed by atoms with Gasteiger partial charge in [0.1, 0.15) is 0 Å². The molecule has 0 amide bonds. The van der Waals surface area contributed by atoms with Crippen molar-refractivity contribution in [2.24, 2.45) is 7.05 Å². The monoisotopic (exact) mass is 283 g/mol. The van der Waals surface area contributed by atoms with E-state index in [0.29, 0.717) is 12.0 Å². The number of hydrogen-bond acceptors (Lipinski definition) is 2. The summed E-state index contributed by atoms with van der Waals surface area (Å²) < 4.78 is 2.05. The quantitative estimate of drug-likeness (QED) is 0.881. The molecule has 3 nitrogen and oxygen atoms in total. The molecule has 1 heterocycles. The third kappa shape index (κ3) is 2.75. The van der Waals surface area contributed by atoms with Crippen LogP contribution in [0.2, 0.25) is 0 Å². The number of hydrogen-bond donors (Lipinski definition) is 1. The van der Waals surface area contributed by atoms with Crippen LogP contribution in [-0.2, 0) is 19.9 Å². The molecule has 21 heavy (non-hydrogen) atoms. The molecule has 0 spiro atoms. The Labute approximate surface area is 127 Å². The van der Waals surface area contributed by atoms with Crippen molar-refractivity contribution in [2.45, 2.75) is 45.1 Å². The first-order valence-electron chi connectivity index (χ1n) is 8.06. The van der Waals surface area contributed by atoms with E-state index >= 15 is 0 Å². The molecule has 0 saturated carbocycles. The third-order valence-electron chi connectivity index (χ3n) is 4.62. The summed E-state index contributed by atoms with van der Waals surface area (Å²) in [6, 6.07) is 11.5. The average Bonchev–Trinajstić information content (AvgIpc) is 2.85. The Bertz CT molecular complexity index is 615. The summed E-state index contributed by atoms with van der Waals surface area (Å²) in [6.45, 7) is 5.33. The minimum absolute atomic E-state index is 0.395. The van der Waals surface area contributed by atoms with Crippen molar-refractivity contribution < 1.29 is 0 Å². The van der Waals surface area contributed by atoms with Crippen LogP contribution in [0.3, 0.4) is 0 Å². The maximum absolute atomic E-state index is 4.60. The molecule has 0 bridgehead atoms. The van der Waals surface area contributed by atoms with Crippen molar-refractivity contribution in [2.75, 3.05) is 6.54 Å². The fourth-order valence-corrected chi connectivity index (χ4v) is 3.45. The molecule has 1 aliphatic carbocycles. The minimum Gasteiger partial charge on any atom is -0.309 e. The van der Waals surface area contributed by atoms with Crippen LogP contribution in [0.15, 0.2) is 30.3 Å². The number of benzene rings is 1. The lowest BCUT2D eigenvalue weighted by atomic mass is 9.74. The summed E-state index contributed by atoms with van der Waals surface area (Å²) in [7, 11) is 2.06. The lowest BCUT2D eigenvalue weighted by Crippen LogP contribution is -2.28. The largest absolute Gasteiger partial charge is 0.309 e. The van der Waals surface area contributed by atoms with E-state index < -0.39 is 0 Å². The molecule has 1 aliphatic rings. The first kappa shape index (κ1) is 14.3. The second-order valence-electron chi connectivity index (χ2n) is 5.98. The van der Waals surface area contributed by atoms with Crippen molar-refractivity contribution in [3.8, 4) is 0 Å². The smallest absolute Gasteiger partial charge is 0.0625 e. The van der Waals surface area contributed by atoms with Crippen LogP contribution in [0.4, 0.5) is 0 Å². The Morgan fingerprint density at radius 1 is 1.33 bits per heavy atom. The van der Waals surface area contributed by atoms with E-state index in [2.05, 4.69) is 66.3 Å². The first-order chi connectivity index (χ1) is 10.2. The van der Waals surface area contributed by atoms with Gasteiger partial charge >= 0.3 is 0 Å². The van der Waals surface area contributed by atoms with Gasteiger partial charge in [0, 0.05) is 13.1 Å². The normalized spacial score (nSPS) is 18.1. The fourth-order valence-electron chi connectivity index (χ4n) is 3.45. The van der Waals surface area contributed by atoms with Gasteiger partial charge in [-0.15, -0.1) is 0 Å². The molecule has 2 aromatic rings. The fraction of sp³-hybridized carbons (Fsp3) is 0.500. The summed E-state index contributed by atoms with van der Waals surface area (Å²) in [5.41, 5.74) is 5.57. The van der Waals surface area contributed by atoms with Crippen molar-refractivity contribution in [1.82, 2.24) is 15.1 Å². The van der Waals surface area contributed by atoms with Crippen molar-refractivity contribution in [3.05, 3.63) is 52.8 Å². The molecule has 112 valence electrons. The van der Waals surface area contributed by atoms with Gasteiger partial charge in [-0.2, -0.15) is 5.10 Å². The highest BCUT2D eigenvalue weighted by molar-refractivity contribution is 5.40. The van der Waals surface area contributed by atoms with E-state index in [0.717, 1.165) is 19.4 Å². The SMILES string of the molecule is CCNC(CC1Cc2ccccc21)c1cc(CC)nn1C. The Balaban J connectivity index is 1.78. The number of aromatic nitrogens is 2. The minimum atomic E-state index is 0.395. The van der Waals surface area contributed by atoms with Gasteiger partial charge in [-0.1, -0.05) is 38.1 Å². The molecule has 2 atom stereocenters. The van der Waals surface area contributed by atoms with Crippen LogP contribution in [-0.4, -0.2) is 16.3 Å². The van der Waals surface area contributed by atoms with Gasteiger partial charge in [-0.25, -0.2) is 0 Å². The Morgan fingerprint density at radius 3 is 2.81 bits per heavy atom. The predicted molar refractivity (Wildman–Crippen MR) is 86.5 cm³/mol. The Kier molecular flexibility index (Phi) is 4.11. The van der Waals surface area contributed by atoms with E-state index in [-0.39, 0.29) is 0 Å². The van der Waals surface area contributed by atoms with Crippen LogP contribution >= 0.6 is 0 Å². The summed E-state index contributed by atoms with van der Waals surface area (Å²) in [4.78, 5) is 0. The summed E-state index contributed by atoms with van der Waals surface area (Å²) in [6.07, 6.45) is 3.38. The van der Waals surface area contributed by atoms with Gasteiger partial charge in [0.25, 0.3) is 0 Å². The van der Waals surface area contributed by atoms with Crippen LogP contribution in [0.5, 0.6) is 0 Å².